The molecule has 0 aliphatic heterocycles. The Kier molecular flexibility index (Phi) is 3.10. The Morgan fingerprint density at radius 3 is 2.00 bits per heavy atom. The van der Waals surface area contributed by atoms with E-state index in [2.05, 4.69) is 31.1 Å². The van der Waals surface area contributed by atoms with Crippen molar-refractivity contribution in [1.29, 1.82) is 0 Å². The van der Waals surface area contributed by atoms with E-state index in [0.29, 0.717) is 0 Å². The Balaban J connectivity index is 3.69. The molecular weight excluding hydrogens is 128 g/mol. The van der Waals surface area contributed by atoms with Crippen LogP contribution < -0.4 is 0 Å². The lowest BCUT2D eigenvalue weighted by Crippen LogP contribution is -2.16. The smallest absolute Gasteiger partial charge is 0.129 e. The molecule has 0 amide bonds. The SMILES string of the molecule is C[Si](C)(C)C#CC[SiH3]. The third-order valence-corrected chi connectivity index (χ3v) is 1.92. The fourth-order valence-corrected chi connectivity index (χ4v) is 1.59. The van der Waals surface area contributed by atoms with Crippen molar-refractivity contribution in [2.24, 2.45) is 0 Å². The summed E-state index contributed by atoms with van der Waals surface area (Å²) in [6.45, 7) is 6.83. The van der Waals surface area contributed by atoms with Gasteiger partial charge in [0.25, 0.3) is 0 Å². The first-order valence-corrected chi connectivity index (χ1v) is 7.97. The first kappa shape index (κ1) is 7.99. The van der Waals surface area contributed by atoms with Crippen LogP contribution in [0.5, 0.6) is 0 Å². The maximum absolute atomic E-state index is 3.30. The summed E-state index contributed by atoms with van der Waals surface area (Å²) in [5.41, 5.74) is 3.30. The van der Waals surface area contributed by atoms with Crippen molar-refractivity contribution in [3.05, 3.63) is 0 Å². The van der Waals surface area contributed by atoms with Crippen LogP contribution in [0, 0.1) is 11.5 Å². The monoisotopic (exact) mass is 142 g/mol. The quantitative estimate of drug-likeness (QED) is 0.344. The van der Waals surface area contributed by atoms with Crippen molar-refractivity contribution in [1.82, 2.24) is 0 Å². The van der Waals surface area contributed by atoms with E-state index >= 15 is 0 Å². The topological polar surface area (TPSA) is 0 Å². The zero-order chi connectivity index (χ0) is 6.62. The lowest BCUT2D eigenvalue weighted by Gasteiger charge is -2.02. The summed E-state index contributed by atoms with van der Waals surface area (Å²) in [4.78, 5) is 0. The van der Waals surface area contributed by atoms with Crippen molar-refractivity contribution in [3.8, 4) is 11.5 Å². The summed E-state index contributed by atoms with van der Waals surface area (Å²) in [6, 6.07) is 1.14. The Labute approximate surface area is 56.1 Å². The van der Waals surface area contributed by atoms with Crippen LogP contribution in [0.25, 0.3) is 0 Å². The zero-order valence-corrected chi connectivity index (χ0v) is 9.21. The Bertz CT molecular complexity index is 111. The minimum atomic E-state index is -1.02. The largest absolute Gasteiger partial charge is 0.132 e. The maximum Gasteiger partial charge on any atom is 0.129 e. The van der Waals surface area contributed by atoms with Crippen LogP contribution in [-0.2, 0) is 0 Å². The van der Waals surface area contributed by atoms with E-state index in [0.717, 1.165) is 6.04 Å². The highest BCUT2D eigenvalue weighted by atomic mass is 28.3. The molecule has 0 aromatic carbocycles. The molecular formula is C6H14Si2. The lowest BCUT2D eigenvalue weighted by atomic mass is 10.8. The van der Waals surface area contributed by atoms with Crippen LogP contribution in [0.4, 0.5) is 0 Å². The molecule has 0 nitrogen and oxygen atoms in total. The molecule has 8 heavy (non-hydrogen) atoms. The first-order valence-electron chi connectivity index (χ1n) is 3.06. The molecule has 0 fully saturated rings. The van der Waals surface area contributed by atoms with Gasteiger partial charge in [0.15, 0.2) is 0 Å². The molecule has 0 N–H and O–H groups in total. The zero-order valence-electron chi connectivity index (χ0n) is 6.21. The molecule has 0 unspecified atom stereocenters. The van der Waals surface area contributed by atoms with E-state index in [4.69, 9.17) is 0 Å². The molecule has 0 atom stereocenters. The second kappa shape index (κ2) is 3.11. The van der Waals surface area contributed by atoms with Gasteiger partial charge in [-0.25, -0.2) is 0 Å². The summed E-state index contributed by atoms with van der Waals surface area (Å²) in [5.74, 6) is 3.16. The molecule has 0 bridgehead atoms. The predicted molar refractivity (Wildman–Crippen MR) is 45.9 cm³/mol. The van der Waals surface area contributed by atoms with Crippen molar-refractivity contribution in [3.63, 3.8) is 0 Å². The second-order valence-corrected chi connectivity index (χ2v) is 8.36. The van der Waals surface area contributed by atoms with Gasteiger partial charge >= 0.3 is 0 Å². The molecule has 0 aliphatic carbocycles. The number of rotatable bonds is 0. The molecule has 0 heterocycles. The molecule has 46 valence electrons. The molecule has 0 aromatic heterocycles. The van der Waals surface area contributed by atoms with Gasteiger partial charge in [0.2, 0.25) is 0 Å². The van der Waals surface area contributed by atoms with Crippen LogP contribution in [0.1, 0.15) is 0 Å². The van der Waals surface area contributed by atoms with Crippen molar-refractivity contribution in [2.45, 2.75) is 25.7 Å². The summed E-state index contributed by atoms with van der Waals surface area (Å²) in [5, 5.41) is 0. The van der Waals surface area contributed by atoms with Gasteiger partial charge < -0.3 is 0 Å². The van der Waals surface area contributed by atoms with Crippen LogP contribution in [0.3, 0.4) is 0 Å². The van der Waals surface area contributed by atoms with Gasteiger partial charge in [-0.3, -0.25) is 0 Å². The Morgan fingerprint density at radius 2 is 1.88 bits per heavy atom. The van der Waals surface area contributed by atoms with Crippen molar-refractivity contribution < 1.29 is 0 Å². The molecule has 0 spiro atoms. The van der Waals surface area contributed by atoms with Crippen molar-refractivity contribution >= 4 is 18.3 Å². The van der Waals surface area contributed by atoms with Crippen LogP contribution >= 0.6 is 0 Å². The Hall–Kier alpha value is -0.00623. The average molecular weight is 142 g/mol. The van der Waals surface area contributed by atoms with Gasteiger partial charge in [-0.1, -0.05) is 19.6 Å². The van der Waals surface area contributed by atoms with Crippen LogP contribution in [0.2, 0.25) is 25.7 Å². The fourth-order valence-electron chi connectivity index (χ4n) is 0.354. The minimum Gasteiger partial charge on any atom is -0.132 e. The van der Waals surface area contributed by atoms with E-state index in [1.807, 2.05) is 0 Å². The number of hydrogen-bond donors (Lipinski definition) is 0. The Morgan fingerprint density at radius 1 is 1.38 bits per heavy atom. The minimum absolute atomic E-state index is 1.02. The van der Waals surface area contributed by atoms with Crippen LogP contribution in [-0.4, -0.2) is 18.3 Å². The number of hydrogen-bond acceptors (Lipinski definition) is 0. The summed E-state index contributed by atoms with van der Waals surface area (Å²) in [7, 11) is 0.214. The molecule has 2 heteroatoms. The second-order valence-electron chi connectivity index (χ2n) is 2.91. The van der Waals surface area contributed by atoms with E-state index < -0.39 is 8.07 Å². The van der Waals surface area contributed by atoms with E-state index in [9.17, 15) is 0 Å². The van der Waals surface area contributed by atoms with E-state index in [1.54, 1.807) is 0 Å². The normalized spacial score (nSPS) is 10.4. The molecule has 0 aromatic rings. The average Bonchev–Trinajstić information content (AvgIpc) is 1.59. The van der Waals surface area contributed by atoms with Gasteiger partial charge in [0.1, 0.15) is 8.07 Å². The summed E-state index contributed by atoms with van der Waals surface area (Å²) < 4.78 is 0. The van der Waals surface area contributed by atoms with Crippen molar-refractivity contribution in [2.75, 3.05) is 0 Å². The van der Waals surface area contributed by atoms with Gasteiger partial charge in [0.05, 0.1) is 0 Å². The van der Waals surface area contributed by atoms with Crippen LogP contribution in [0.15, 0.2) is 0 Å². The molecule has 0 saturated heterocycles. The van der Waals surface area contributed by atoms with Gasteiger partial charge in [0, 0.05) is 10.2 Å². The standard InChI is InChI=1S/C6H14Si2/c1-8(2,3)6-4-5-7/h5H2,1-3,7H3. The summed E-state index contributed by atoms with van der Waals surface area (Å²) in [6.07, 6.45) is 0. The van der Waals surface area contributed by atoms with E-state index in [-0.39, 0.29) is 0 Å². The molecule has 0 saturated carbocycles. The first-order chi connectivity index (χ1) is 3.56. The van der Waals surface area contributed by atoms with E-state index in [1.165, 1.54) is 10.2 Å². The van der Waals surface area contributed by atoms with Gasteiger partial charge in [-0.05, 0) is 6.04 Å². The molecule has 0 aliphatic rings. The third-order valence-electron chi connectivity index (χ3n) is 0.640. The third kappa shape index (κ3) is 5.99. The van der Waals surface area contributed by atoms with Gasteiger partial charge in [-0.2, -0.15) is 0 Å². The highest BCUT2D eigenvalue weighted by Crippen LogP contribution is 1.95. The maximum atomic E-state index is 3.30. The summed E-state index contributed by atoms with van der Waals surface area (Å²) >= 11 is 0. The highest BCUT2D eigenvalue weighted by Gasteiger charge is 2.06. The molecule has 0 rings (SSSR count). The predicted octanol–water partition coefficient (Wildman–Crippen LogP) is 0.651. The molecule has 0 radical (unpaired) electrons. The van der Waals surface area contributed by atoms with Gasteiger partial charge in [-0.15, -0.1) is 11.5 Å². The fraction of sp³-hybridized carbons (Fsp3) is 0.667. The lowest BCUT2D eigenvalue weighted by molar-refractivity contribution is 1.79. The highest BCUT2D eigenvalue weighted by molar-refractivity contribution is 6.83.